The highest BCUT2D eigenvalue weighted by Crippen LogP contribution is 2.40. The summed E-state index contributed by atoms with van der Waals surface area (Å²) in [7, 11) is 1.77. The molecule has 61 heavy (non-hydrogen) atoms. The normalized spacial score (nSPS) is 23.9. The van der Waals surface area contributed by atoms with E-state index < -0.39 is 35.5 Å². The molecular formula is C43H51FN12O5. The van der Waals surface area contributed by atoms with Gasteiger partial charge in [-0.15, -0.1) is 0 Å². The van der Waals surface area contributed by atoms with Crippen LogP contribution in [0.5, 0.6) is 0 Å². The van der Waals surface area contributed by atoms with E-state index in [-0.39, 0.29) is 48.2 Å². The van der Waals surface area contributed by atoms with Gasteiger partial charge in [0.2, 0.25) is 17.8 Å². The maximum atomic E-state index is 15.7. The molecule has 3 aromatic heterocycles. The third-order valence-electron chi connectivity index (χ3n) is 13.6. The molecule has 0 aliphatic carbocycles. The summed E-state index contributed by atoms with van der Waals surface area (Å²) >= 11 is 0. The molecule has 3 unspecified atom stereocenters. The number of hydrogen-bond acceptors (Lipinski definition) is 14. The number of ether oxygens (including phenoxy) is 1. The highest BCUT2D eigenvalue weighted by atomic mass is 19.1. The quantitative estimate of drug-likeness (QED) is 0.220. The fraction of sp³-hybridized carbons (Fsp3) is 0.535. The van der Waals surface area contributed by atoms with Crippen LogP contribution in [0.2, 0.25) is 0 Å². The zero-order valence-corrected chi connectivity index (χ0v) is 34.7. The molecule has 10 heterocycles. The smallest absolute Gasteiger partial charge is 0.262 e. The van der Waals surface area contributed by atoms with Crippen LogP contribution in [0, 0.1) is 11.7 Å². The average Bonchev–Trinajstić information content (AvgIpc) is 3.76. The minimum Gasteiger partial charge on any atom is -0.381 e. The molecular weight excluding hydrogens is 784 g/mol. The van der Waals surface area contributed by atoms with E-state index in [1.807, 2.05) is 17.2 Å². The number of fused-ring (bicyclic) bond motifs is 4. The van der Waals surface area contributed by atoms with Gasteiger partial charge >= 0.3 is 0 Å². The second-order valence-electron chi connectivity index (χ2n) is 17.6. The Hall–Kier alpha value is -5.75. The topological polar surface area (TPSA) is 174 Å². The maximum Gasteiger partial charge on any atom is 0.262 e. The molecule has 6 fully saturated rings. The van der Waals surface area contributed by atoms with Gasteiger partial charge in [-0.25, -0.2) is 14.4 Å². The second-order valence-corrected chi connectivity index (χ2v) is 17.6. The molecule has 2 bridgehead atoms. The number of carbonyl (C=O) groups excluding carboxylic acids is 4. The summed E-state index contributed by atoms with van der Waals surface area (Å²) in [6.45, 7) is 9.98. The molecule has 2 N–H and O–H groups in total. The lowest BCUT2D eigenvalue weighted by Gasteiger charge is -2.58. The van der Waals surface area contributed by atoms with Gasteiger partial charge in [-0.05, 0) is 76.5 Å². The number of rotatable bonds is 10. The van der Waals surface area contributed by atoms with Crippen LogP contribution in [0.25, 0.3) is 10.9 Å². The number of benzene rings is 1. The molecule has 1 aromatic carbocycles. The number of amides is 4. The number of carbonyl (C=O) groups is 4. The lowest BCUT2D eigenvalue weighted by atomic mass is 9.84. The lowest BCUT2D eigenvalue weighted by molar-refractivity contribution is -0.136. The number of methoxy groups -OCH3 is 1. The largest absolute Gasteiger partial charge is 0.381 e. The molecule has 6 saturated heterocycles. The Morgan fingerprint density at radius 2 is 1.61 bits per heavy atom. The molecule has 18 heteroatoms. The van der Waals surface area contributed by atoms with E-state index in [0.29, 0.717) is 42.3 Å². The molecule has 0 spiro atoms. The van der Waals surface area contributed by atoms with Crippen LogP contribution in [0.15, 0.2) is 36.7 Å². The Labute approximate surface area is 352 Å². The van der Waals surface area contributed by atoms with Gasteiger partial charge in [0.05, 0.1) is 33.8 Å². The van der Waals surface area contributed by atoms with E-state index in [0.717, 1.165) is 92.5 Å². The van der Waals surface area contributed by atoms with E-state index in [1.54, 1.807) is 13.3 Å². The molecule has 4 aromatic rings. The minimum absolute atomic E-state index is 0.0251. The summed E-state index contributed by atoms with van der Waals surface area (Å²) in [5.74, 6) is 0.528. The van der Waals surface area contributed by atoms with E-state index in [1.165, 1.54) is 6.07 Å². The molecule has 3 atom stereocenters. The van der Waals surface area contributed by atoms with Crippen molar-refractivity contribution in [3.8, 4) is 0 Å². The lowest BCUT2D eigenvalue weighted by Crippen LogP contribution is -2.69. The van der Waals surface area contributed by atoms with Crippen molar-refractivity contribution in [2.24, 2.45) is 5.92 Å². The summed E-state index contributed by atoms with van der Waals surface area (Å²) in [6.07, 6.45) is 9.05. The number of piperidine rings is 4. The number of pyridine rings is 1. The van der Waals surface area contributed by atoms with Crippen molar-refractivity contribution in [2.75, 3.05) is 72.9 Å². The van der Waals surface area contributed by atoms with Crippen molar-refractivity contribution in [3.63, 3.8) is 0 Å². The molecule has 0 radical (unpaired) electrons. The number of nitrogens with zero attached hydrogens (tertiary/aromatic N) is 10. The number of imide groups is 2. The van der Waals surface area contributed by atoms with Crippen molar-refractivity contribution in [3.05, 3.63) is 53.6 Å². The van der Waals surface area contributed by atoms with Gasteiger partial charge in [0.15, 0.2) is 5.82 Å². The Kier molecular flexibility index (Phi) is 10.1. The Morgan fingerprint density at radius 1 is 0.885 bits per heavy atom. The van der Waals surface area contributed by atoms with E-state index in [9.17, 15) is 19.2 Å². The van der Waals surface area contributed by atoms with Crippen LogP contribution in [0.1, 0.15) is 85.6 Å². The number of halogens is 1. The molecule has 7 aliphatic rings. The standard InChI is InChI=1S/C43H51FN12O5/c1-24(2)56-34-19-37(47-36-6-11-45-43(48-36)52-14-9-28(61-3)10-15-52)46-20-31(34)39(50-56)51-12-7-25(8-13-51)21-54-26-16-27(54)23-53(22-26)35-18-30-29(17-32(35)44)41(59)55(42(30)60)33-4-5-38(57)49-40(33)58/h6,11,17-20,24-28,33H,4-5,7-10,12-16,21-23H2,1-3H3,(H,49,57,58)(H,45,46,47,48). The first-order valence-corrected chi connectivity index (χ1v) is 21.6. The second kappa shape index (κ2) is 15.6. The fourth-order valence-corrected chi connectivity index (χ4v) is 10.2. The maximum absolute atomic E-state index is 15.7. The number of nitrogens with one attached hydrogen (secondary N) is 2. The highest BCUT2D eigenvalue weighted by Gasteiger charge is 2.48. The van der Waals surface area contributed by atoms with Gasteiger partial charge in [0.1, 0.15) is 23.5 Å². The zero-order chi connectivity index (χ0) is 42.1. The first-order valence-electron chi connectivity index (χ1n) is 21.6. The number of piperazine rings is 1. The number of aromatic nitrogens is 5. The monoisotopic (exact) mass is 834 g/mol. The van der Waals surface area contributed by atoms with E-state index in [2.05, 4.69) is 54.9 Å². The van der Waals surface area contributed by atoms with Crippen LogP contribution in [-0.4, -0.2) is 135 Å². The van der Waals surface area contributed by atoms with Gasteiger partial charge in [-0.2, -0.15) is 10.1 Å². The molecule has 17 nitrogen and oxygen atoms in total. The van der Waals surface area contributed by atoms with Gasteiger partial charge in [0.25, 0.3) is 11.8 Å². The van der Waals surface area contributed by atoms with Crippen molar-refractivity contribution in [2.45, 2.75) is 89.1 Å². The first kappa shape index (κ1) is 39.4. The van der Waals surface area contributed by atoms with E-state index in [4.69, 9.17) is 19.8 Å². The van der Waals surface area contributed by atoms with Crippen molar-refractivity contribution in [1.29, 1.82) is 0 Å². The van der Waals surface area contributed by atoms with Crippen molar-refractivity contribution < 1.29 is 28.3 Å². The summed E-state index contributed by atoms with van der Waals surface area (Å²) in [6, 6.07) is 6.11. The summed E-state index contributed by atoms with van der Waals surface area (Å²) < 4.78 is 23.3. The van der Waals surface area contributed by atoms with Crippen molar-refractivity contribution >= 4 is 63.6 Å². The Bertz CT molecular complexity index is 2400. The first-order chi connectivity index (χ1) is 29.5. The molecule has 7 aliphatic heterocycles. The number of anilines is 5. The Balaban J connectivity index is 0.762. The van der Waals surface area contributed by atoms with Gasteiger partial charge in [-0.1, -0.05) is 0 Å². The van der Waals surface area contributed by atoms with Gasteiger partial charge in [-0.3, -0.25) is 39.0 Å². The molecule has 11 rings (SSSR count). The van der Waals surface area contributed by atoms with Crippen LogP contribution in [0.4, 0.5) is 33.5 Å². The van der Waals surface area contributed by atoms with Gasteiger partial charge < -0.3 is 24.8 Å². The predicted molar refractivity (Wildman–Crippen MR) is 225 cm³/mol. The summed E-state index contributed by atoms with van der Waals surface area (Å²) in [4.78, 5) is 75.0. The van der Waals surface area contributed by atoms with Gasteiger partial charge in [0, 0.05) is 95.9 Å². The van der Waals surface area contributed by atoms with E-state index >= 15 is 4.39 Å². The highest BCUT2D eigenvalue weighted by molar-refractivity contribution is 6.23. The minimum atomic E-state index is -1.09. The Morgan fingerprint density at radius 3 is 2.31 bits per heavy atom. The SMILES string of the molecule is COC1CCN(c2nccc(Nc3cc4c(cn3)c(N3CCC(CN5C6CC5CN(c5cc7c(cc5F)C(=O)N(C5CCC(=O)NC5=O)C7=O)C6)CC3)nn4C(C)C)n2)CC1. The van der Waals surface area contributed by atoms with Crippen LogP contribution in [0.3, 0.4) is 0 Å². The third-order valence-corrected chi connectivity index (χ3v) is 13.6. The summed E-state index contributed by atoms with van der Waals surface area (Å²) in [5.41, 5.74) is 1.37. The predicted octanol–water partition coefficient (Wildman–Crippen LogP) is 3.88. The summed E-state index contributed by atoms with van der Waals surface area (Å²) in [5, 5.41) is 11.8. The van der Waals surface area contributed by atoms with Crippen molar-refractivity contribution in [1.82, 2.24) is 39.8 Å². The molecule has 0 saturated carbocycles. The van der Waals surface area contributed by atoms with Crippen LogP contribution < -0.4 is 25.3 Å². The molecule has 4 amide bonds. The zero-order valence-electron chi connectivity index (χ0n) is 34.7. The third kappa shape index (κ3) is 7.12. The number of hydrogen-bond donors (Lipinski definition) is 2. The van der Waals surface area contributed by atoms with Crippen LogP contribution >= 0.6 is 0 Å². The fourth-order valence-electron chi connectivity index (χ4n) is 10.2. The van der Waals surface area contributed by atoms with Crippen LogP contribution in [-0.2, 0) is 14.3 Å². The molecule has 320 valence electrons. The average molecular weight is 835 g/mol.